The van der Waals surface area contributed by atoms with E-state index in [1.165, 1.54) is 0 Å². The summed E-state index contributed by atoms with van der Waals surface area (Å²) in [6.07, 6.45) is 7.92. The zero-order chi connectivity index (χ0) is 13.6. The van der Waals surface area contributed by atoms with Crippen molar-refractivity contribution < 1.29 is 0 Å². The van der Waals surface area contributed by atoms with Crippen LogP contribution in [0.2, 0.25) is 0 Å². The van der Waals surface area contributed by atoms with Gasteiger partial charge in [-0.3, -0.25) is 0 Å². The molecule has 0 spiro atoms. The van der Waals surface area contributed by atoms with Crippen molar-refractivity contribution in [3.05, 3.63) is 85.0 Å². The molecule has 96 valence electrons. The third-order valence-electron chi connectivity index (χ3n) is 2.89. The van der Waals surface area contributed by atoms with Crippen molar-refractivity contribution in [2.45, 2.75) is 0 Å². The summed E-state index contributed by atoms with van der Waals surface area (Å²) in [4.78, 5) is 9.29. The Labute approximate surface area is 118 Å². The number of hydrogen-bond donors (Lipinski definition) is 0. The first-order chi connectivity index (χ1) is 9.92. The van der Waals surface area contributed by atoms with Crippen LogP contribution in [0.5, 0.6) is 0 Å². The van der Waals surface area contributed by atoms with Gasteiger partial charge in [0.25, 0.3) is 0 Å². The topological polar surface area (TPSA) is 24.7 Å². The van der Waals surface area contributed by atoms with Gasteiger partial charge in [0, 0.05) is 0 Å². The van der Waals surface area contributed by atoms with Gasteiger partial charge in [-0.25, -0.2) is 9.98 Å². The lowest BCUT2D eigenvalue weighted by atomic mass is 10.1. The van der Waals surface area contributed by atoms with Crippen molar-refractivity contribution in [3.8, 4) is 0 Å². The third kappa shape index (κ3) is 2.98. The predicted octanol–water partition coefficient (Wildman–Crippen LogP) is 4.66. The summed E-state index contributed by atoms with van der Waals surface area (Å²) in [7, 11) is 0. The monoisotopic (exact) mass is 258 g/mol. The molecule has 2 aromatic carbocycles. The van der Waals surface area contributed by atoms with Crippen LogP contribution in [0, 0.1) is 0 Å². The lowest BCUT2D eigenvalue weighted by Crippen LogP contribution is -2.10. The number of aliphatic imine (C=N–C) groups is 2. The smallest absolute Gasteiger partial charge is 0.0893 e. The Bertz CT molecular complexity index is 629. The second-order valence-electron chi connectivity index (χ2n) is 4.38. The molecule has 0 saturated heterocycles. The van der Waals surface area contributed by atoms with E-state index in [0.717, 1.165) is 22.8 Å². The van der Waals surface area contributed by atoms with E-state index in [4.69, 9.17) is 0 Å². The minimum Gasteiger partial charge on any atom is -0.247 e. The Balaban J connectivity index is 1.97. The maximum absolute atomic E-state index is 4.64. The van der Waals surface area contributed by atoms with Crippen LogP contribution in [0.15, 0.2) is 95.0 Å². The molecule has 0 radical (unpaired) electrons. The predicted molar refractivity (Wildman–Crippen MR) is 85.4 cm³/mol. The summed E-state index contributed by atoms with van der Waals surface area (Å²) in [6, 6.07) is 19.8. The van der Waals surface area contributed by atoms with Crippen LogP contribution in [0.25, 0.3) is 0 Å². The minimum absolute atomic E-state index is 0.877. The number of para-hydroxylation sites is 2. The first kappa shape index (κ1) is 12.3. The molecule has 3 rings (SSSR count). The van der Waals surface area contributed by atoms with Crippen LogP contribution in [0.4, 0.5) is 11.4 Å². The van der Waals surface area contributed by atoms with Gasteiger partial charge in [-0.2, -0.15) is 0 Å². The molecule has 2 nitrogen and oxygen atoms in total. The van der Waals surface area contributed by atoms with Crippen molar-refractivity contribution >= 4 is 22.8 Å². The Morgan fingerprint density at radius 2 is 0.900 bits per heavy atom. The number of rotatable bonds is 2. The highest BCUT2D eigenvalue weighted by Crippen LogP contribution is 2.16. The van der Waals surface area contributed by atoms with Gasteiger partial charge < -0.3 is 0 Å². The first-order valence-electron chi connectivity index (χ1n) is 6.54. The quantitative estimate of drug-likeness (QED) is 0.700. The van der Waals surface area contributed by atoms with Crippen LogP contribution in [-0.4, -0.2) is 11.4 Å². The molecule has 20 heavy (non-hydrogen) atoms. The minimum atomic E-state index is 0.877. The molecule has 0 aromatic heterocycles. The highest BCUT2D eigenvalue weighted by molar-refractivity contribution is 6.51. The molecule has 2 heteroatoms. The molecular weight excluding hydrogens is 244 g/mol. The van der Waals surface area contributed by atoms with E-state index in [1.807, 2.05) is 85.0 Å². The molecule has 0 amide bonds. The zero-order valence-corrected chi connectivity index (χ0v) is 11.0. The second-order valence-corrected chi connectivity index (χ2v) is 4.38. The summed E-state index contributed by atoms with van der Waals surface area (Å²) >= 11 is 0. The maximum atomic E-state index is 4.64. The fourth-order valence-corrected chi connectivity index (χ4v) is 1.94. The SMILES string of the molecule is C1=CC(=Nc2ccccc2)C(=Nc2ccccc2)C=C1. The van der Waals surface area contributed by atoms with Gasteiger partial charge in [0.15, 0.2) is 0 Å². The third-order valence-corrected chi connectivity index (χ3v) is 2.89. The molecule has 0 saturated carbocycles. The number of benzene rings is 2. The van der Waals surface area contributed by atoms with E-state index in [2.05, 4.69) is 9.98 Å². The van der Waals surface area contributed by atoms with Gasteiger partial charge in [-0.05, 0) is 36.4 Å². The summed E-state index contributed by atoms with van der Waals surface area (Å²) in [5.41, 5.74) is 3.62. The fraction of sp³-hybridized carbons (Fsp3) is 0. The molecule has 0 unspecified atom stereocenters. The van der Waals surface area contributed by atoms with E-state index in [9.17, 15) is 0 Å². The summed E-state index contributed by atoms with van der Waals surface area (Å²) in [5.74, 6) is 0. The van der Waals surface area contributed by atoms with Crippen molar-refractivity contribution in [1.82, 2.24) is 0 Å². The van der Waals surface area contributed by atoms with Crippen molar-refractivity contribution in [1.29, 1.82) is 0 Å². The lowest BCUT2D eigenvalue weighted by molar-refractivity contribution is 1.50. The Morgan fingerprint density at radius 3 is 1.30 bits per heavy atom. The largest absolute Gasteiger partial charge is 0.247 e. The molecule has 0 aliphatic heterocycles. The highest BCUT2D eigenvalue weighted by Gasteiger charge is 2.06. The van der Waals surface area contributed by atoms with E-state index in [1.54, 1.807) is 0 Å². The molecule has 0 heterocycles. The van der Waals surface area contributed by atoms with Crippen LogP contribution in [-0.2, 0) is 0 Å². The highest BCUT2D eigenvalue weighted by atomic mass is 14.8. The van der Waals surface area contributed by atoms with Crippen molar-refractivity contribution in [2.75, 3.05) is 0 Å². The number of nitrogens with zero attached hydrogens (tertiary/aromatic N) is 2. The van der Waals surface area contributed by atoms with E-state index in [-0.39, 0.29) is 0 Å². The van der Waals surface area contributed by atoms with Gasteiger partial charge in [-0.1, -0.05) is 48.6 Å². The van der Waals surface area contributed by atoms with Gasteiger partial charge >= 0.3 is 0 Å². The Kier molecular flexibility index (Phi) is 3.65. The van der Waals surface area contributed by atoms with Gasteiger partial charge in [0.1, 0.15) is 0 Å². The van der Waals surface area contributed by atoms with E-state index in [0.29, 0.717) is 0 Å². The van der Waals surface area contributed by atoms with Gasteiger partial charge in [0.05, 0.1) is 22.8 Å². The molecule has 0 fully saturated rings. The van der Waals surface area contributed by atoms with Crippen molar-refractivity contribution in [3.63, 3.8) is 0 Å². The van der Waals surface area contributed by atoms with Crippen LogP contribution in [0.3, 0.4) is 0 Å². The zero-order valence-electron chi connectivity index (χ0n) is 11.0. The second kappa shape index (κ2) is 5.93. The number of allylic oxidation sites excluding steroid dienone is 4. The molecule has 2 aromatic rings. The molecule has 0 N–H and O–H groups in total. The van der Waals surface area contributed by atoms with Gasteiger partial charge in [0.2, 0.25) is 0 Å². The molecule has 1 aliphatic rings. The van der Waals surface area contributed by atoms with Crippen LogP contribution >= 0.6 is 0 Å². The Morgan fingerprint density at radius 1 is 0.500 bits per heavy atom. The summed E-state index contributed by atoms with van der Waals surface area (Å²) in [6.45, 7) is 0. The normalized spacial score (nSPS) is 17.8. The van der Waals surface area contributed by atoms with E-state index >= 15 is 0 Å². The molecule has 0 atom stereocenters. The average Bonchev–Trinajstić information content (AvgIpc) is 2.51. The first-order valence-corrected chi connectivity index (χ1v) is 6.54. The number of hydrogen-bond acceptors (Lipinski definition) is 2. The lowest BCUT2D eigenvalue weighted by Gasteiger charge is -2.06. The van der Waals surface area contributed by atoms with E-state index < -0.39 is 0 Å². The maximum Gasteiger partial charge on any atom is 0.0893 e. The van der Waals surface area contributed by atoms with Crippen LogP contribution < -0.4 is 0 Å². The summed E-state index contributed by atoms with van der Waals surface area (Å²) in [5, 5.41) is 0. The summed E-state index contributed by atoms with van der Waals surface area (Å²) < 4.78 is 0. The molecular formula is C18H14N2. The average molecular weight is 258 g/mol. The Hall–Kier alpha value is -2.74. The van der Waals surface area contributed by atoms with Crippen molar-refractivity contribution in [2.24, 2.45) is 9.98 Å². The van der Waals surface area contributed by atoms with Crippen LogP contribution in [0.1, 0.15) is 0 Å². The molecule has 0 bridgehead atoms. The fourth-order valence-electron chi connectivity index (χ4n) is 1.94. The molecule has 1 aliphatic carbocycles. The van der Waals surface area contributed by atoms with Gasteiger partial charge in [-0.15, -0.1) is 0 Å². The standard InChI is InChI=1S/C18H14N2/c1-3-9-15(10-4-1)19-17-13-7-8-14-18(17)20-16-11-5-2-6-12-16/h1-14H.